The third-order valence-corrected chi connectivity index (χ3v) is 2.31. The molecule has 1 aromatic rings. The van der Waals surface area contributed by atoms with Crippen LogP contribution in [0, 0.1) is 0 Å². The van der Waals surface area contributed by atoms with Crippen LogP contribution in [-0.2, 0) is 9.53 Å². The average Bonchev–Trinajstić information content (AvgIpc) is 2.36. The van der Waals surface area contributed by atoms with Crippen molar-refractivity contribution in [1.82, 2.24) is 0 Å². The van der Waals surface area contributed by atoms with Gasteiger partial charge in [0.05, 0.1) is 18.6 Å². The molecule has 0 unspecified atom stereocenters. The highest BCUT2D eigenvalue weighted by Gasteiger charge is 2.27. The number of ketones is 1. The normalized spacial score (nSPS) is 11.1. The van der Waals surface area contributed by atoms with E-state index in [-0.39, 0.29) is 13.0 Å². The molecule has 0 radical (unpaired) electrons. The molecule has 0 N–H and O–H groups in total. The third kappa shape index (κ3) is 6.59. The molecule has 6 heteroatoms. The van der Waals surface area contributed by atoms with Crippen LogP contribution in [0.15, 0.2) is 30.3 Å². The first kappa shape index (κ1) is 15.2. The van der Waals surface area contributed by atoms with Crippen molar-refractivity contribution in [2.75, 3.05) is 6.61 Å². The molecule has 0 aromatic heterocycles. The Balaban J connectivity index is 2.24. The predicted molar refractivity (Wildman–Crippen MR) is 61.6 cm³/mol. The van der Waals surface area contributed by atoms with Crippen molar-refractivity contribution in [3.63, 3.8) is 0 Å². The van der Waals surface area contributed by atoms with E-state index < -0.39 is 30.8 Å². The summed E-state index contributed by atoms with van der Waals surface area (Å²) in [4.78, 5) is 22.5. The van der Waals surface area contributed by atoms with Crippen molar-refractivity contribution < 1.29 is 27.5 Å². The van der Waals surface area contributed by atoms with Gasteiger partial charge < -0.3 is 4.74 Å². The van der Waals surface area contributed by atoms with Gasteiger partial charge in [0.2, 0.25) is 0 Å². The Morgan fingerprint density at radius 3 is 2.26 bits per heavy atom. The van der Waals surface area contributed by atoms with Gasteiger partial charge in [0, 0.05) is 12.8 Å². The molecule has 1 aromatic carbocycles. The van der Waals surface area contributed by atoms with E-state index in [2.05, 4.69) is 0 Å². The second-order valence-corrected chi connectivity index (χ2v) is 3.91. The second kappa shape index (κ2) is 6.92. The van der Waals surface area contributed by atoms with Crippen molar-refractivity contribution in [1.29, 1.82) is 0 Å². The van der Waals surface area contributed by atoms with Gasteiger partial charge in [-0.15, -0.1) is 0 Å². The molecule has 0 bridgehead atoms. The van der Waals surface area contributed by atoms with Crippen LogP contribution in [0.2, 0.25) is 0 Å². The summed E-state index contributed by atoms with van der Waals surface area (Å²) in [6.45, 7) is -0.204. The van der Waals surface area contributed by atoms with Crippen LogP contribution in [0.4, 0.5) is 13.2 Å². The van der Waals surface area contributed by atoms with Crippen molar-refractivity contribution in [3.8, 4) is 0 Å². The van der Waals surface area contributed by atoms with Crippen LogP contribution in [0.1, 0.15) is 29.6 Å². The highest BCUT2D eigenvalue weighted by molar-refractivity contribution is 5.89. The number of ether oxygens (including phenoxy) is 1. The number of carbonyl (C=O) groups excluding carboxylic acids is 2. The van der Waals surface area contributed by atoms with E-state index in [1.54, 1.807) is 30.3 Å². The lowest BCUT2D eigenvalue weighted by atomic mass is 10.2. The van der Waals surface area contributed by atoms with E-state index in [1.807, 2.05) is 0 Å². The Morgan fingerprint density at radius 2 is 1.68 bits per heavy atom. The van der Waals surface area contributed by atoms with Crippen molar-refractivity contribution in [2.24, 2.45) is 0 Å². The standard InChI is InChI=1S/C13H13F3O3/c14-13(15,16)8-6-11(17)7-9-19-12(18)10-4-2-1-3-5-10/h1-5H,6-9H2. The fourth-order valence-corrected chi connectivity index (χ4v) is 1.32. The van der Waals surface area contributed by atoms with Crippen LogP contribution >= 0.6 is 0 Å². The highest BCUT2D eigenvalue weighted by Crippen LogP contribution is 2.21. The first-order valence-electron chi connectivity index (χ1n) is 5.69. The molecule has 0 heterocycles. The molecule has 19 heavy (non-hydrogen) atoms. The van der Waals surface area contributed by atoms with Crippen LogP contribution in [-0.4, -0.2) is 24.5 Å². The summed E-state index contributed by atoms with van der Waals surface area (Å²) < 4.78 is 40.3. The van der Waals surface area contributed by atoms with Crippen LogP contribution < -0.4 is 0 Å². The maximum absolute atomic E-state index is 11.9. The number of hydrogen-bond acceptors (Lipinski definition) is 3. The Morgan fingerprint density at radius 1 is 1.05 bits per heavy atom. The topological polar surface area (TPSA) is 43.4 Å². The lowest BCUT2D eigenvalue weighted by Crippen LogP contribution is -2.13. The number of carbonyl (C=O) groups is 2. The van der Waals surface area contributed by atoms with Crippen molar-refractivity contribution in [2.45, 2.75) is 25.4 Å². The predicted octanol–water partition coefficient (Wildman–Crippen LogP) is 3.15. The van der Waals surface area contributed by atoms with Crippen LogP contribution in [0.25, 0.3) is 0 Å². The van der Waals surface area contributed by atoms with Gasteiger partial charge in [0.1, 0.15) is 5.78 Å². The maximum Gasteiger partial charge on any atom is 0.389 e. The third-order valence-electron chi connectivity index (χ3n) is 2.31. The van der Waals surface area contributed by atoms with Gasteiger partial charge in [-0.3, -0.25) is 4.79 Å². The number of halogens is 3. The number of Topliss-reactive ketones (excluding diaryl/α,β-unsaturated/α-hetero) is 1. The molecule has 0 amide bonds. The minimum Gasteiger partial charge on any atom is -0.462 e. The smallest absolute Gasteiger partial charge is 0.389 e. The van der Waals surface area contributed by atoms with E-state index in [4.69, 9.17) is 4.74 Å². The lowest BCUT2D eigenvalue weighted by Gasteiger charge is -2.06. The first-order valence-corrected chi connectivity index (χ1v) is 5.69. The molecule has 1 rings (SSSR count). The maximum atomic E-state index is 11.9. The SMILES string of the molecule is O=C(CCOC(=O)c1ccccc1)CCC(F)(F)F. The Kier molecular flexibility index (Phi) is 5.54. The van der Waals surface area contributed by atoms with E-state index >= 15 is 0 Å². The van der Waals surface area contributed by atoms with Crippen molar-refractivity contribution >= 4 is 11.8 Å². The number of rotatable bonds is 6. The molecule has 3 nitrogen and oxygen atoms in total. The number of alkyl halides is 3. The van der Waals surface area contributed by atoms with Crippen LogP contribution in [0.3, 0.4) is 0 Å². The fourth-order valence-electron chi connectivity index (χ4n) is 1.32. The zero-order chi connectivity index (χ0) is 14.3. The van der Waals surface area contributed by atoms with Crippen molar-refractivity contribution in [3.05, 3.63) is 35.9 Å². The summed E-state index contributed by atoms with van der Waals surface area (Å²) in [5.74, 6) is -1.16. The molecular formula is C13H13F3O3. The summed E-state index contributed by atoms with van der Waals surface area (Å²) >= 11 is 0. The molecule has 0 spiro atoms. The fraction of sp³-hybridized carbons (Fsp3) is 0.385. The summed E-state index contributed by atoms with van der Waals surface area (Å²) in [5, 5.41) is 0. The van der Waals surface area contributed by atoms with Gasteiger partial charge in [0.25, 0.3) is 0 Å². The number of hydrogen-bond donors (Lipinski definition) is 0. The largest absolute Gasteiger partial charge is 0.462 e. The summed E-state index contributed by atoms with van der Waals surface area (Å²) in [5.41, 5.74) is 0.338. The van der Waals surface area contributed by atoms with E-state index in [9.17, 15) is 22.8 Å². The Bertz CT molecular complexity index is 427. The molecule has 0 aliphatic rings. The Labute approximate surface area is 108 Å². The average molecular weight is 274 g/mol. The molecule has 0 saturated carbocycles. The van der Waals surface area contributed by atoms with Gasteiger partial charge in [-0.05, 0) is 12.1 Å². The first-order chi connectivity index (χ1) is 8.88. The lowest BCUT2D eigenvalue weighted by molar-refractivity contribution is -0.143. The molecule has 0 aliphatic heterocycles. The van der Waals surface area contributed by atoms with Gasteiger partial charge in [-0.2, -0.15) is 13.2 Å². The van der Waals surface area contributed by atoms with Crippen LogP contribution in [0.5, 0.6) is 0 Å². The minimum atomic E-state index is -4.34. The van der Waals surface area contributed by atoms with E-state index in [1.165, 1.54) is 0 Å². The number of esters is 1. The van der Waals surface area contributed by atoms with Gasteiger partial charge in [-0.1, -0.05) is 18.2 Å². The zero-order valence-electron chi connectivity index (χ0n) is 10.1. The van der Waals surface area contributed by atoms with E-state index in [0.717, 1.165) is 0 Å². The highest BCUT2D eigenvalue weighted by atomic mass is 19.4. The quantitative estimate of drug-likeness (QED) is 0.748. The van der Waals surface area contributed by atoms with E-state index in [0.29, 0.717) is 5.56 Å². The zero-order valence-corrected chi connectivity index (χ0v) is 10.1. The molecule has 104 valence electrons. The summed E-state index contributed by atoms with van der Waals surface area (Å²) in [7, 11) is 0. The van der Waals surface area contributed by atoms with Gasteiger partial charge >= 0.3 is 12.1 Å². The molecule has 0 atom stereocenters. The molecule has 0 aliphatic carbocycles. The van der Waals surface area contributed by atoms with Gasteiger partial charge in [-0.25, -0.2) is 4.79 Å². The molecule has 0 fully saturated rings. The second-order valence-electron chi connectivity index (χ2n) is 3.91. The molecule has 0 saturated heterocycles. The molecular weight excluding hydrogens is 261 g/mol. The summed E-state index contributed by atoms with van der Waals surface area (Å²) in [6.07, 6.45) is -6.25. The minimum absolute atomic E-state index is 0.200. The number of benzene rings is 1. The monoisotopic (exact) mass is 274 g/mol. The van der Waals surface area contributed by atoms with Gasteiger partial charge in [0.15, 0.2) is 0 Å². The Hall–Kier alpha value is -1.85. The summed E-state index contributed by atoms with van der Waals surface area (Å²) in [6, 6.07) is 8.15.